The minimum Gasteiger partial charge on any atom is -0.464 e. The van der Waals surface area contributed by atoms with Crippen LogP contribution in [0.4, 0.5) is 0 Å². The van der Waals surface area contributed by atoms with Crippen molar-refractivity contribution in [2.24, 2.45) is 0 Å². The van der Waals surface area contributed by atoms with E-state index in [0.717, 1.165) is 28.5 Å². The number of fused-ring (bicyclic) bond motifs is 1. The lowest BCUT2D eigenvalue weighted by molar-refractivity contribution is -0.131. The average Bonchev–Trinajstić information content (AvgIpc) is 3.20. The van der Waals surface area contributed by atoms with Crippen LogP contribution in [0.2, 0.25) is 0 Å². The molecule has 156 valence electrons. The van der Waals surface area contributed by atoms with Crippen LogP contribution < -0.4 is 5.32 Å². The van der Waals surface area contributed by atoms with Crippen molar-refractivity contribution in [1.82, 2.24) is 10.2 Å². The number of benzene rings is 1. The number of furan rings is 1. The van der Waals surface area contributed by atoms with Gasteiger partial charge in [0.1, 0.15) is 5.58 Å². The first-order chi connectivity index (χ1) is 13.7. The minimum absolute atomic E-state index is 0.0801. The Labute approximate surface area is 171 Å². The first-order valence-electron chi connectivity index (χ1n) is 9.99. The predicted molar refractivity (Wildman–Crippen MR) is 111 cm³/mol. The van der Waals surface area contributed by atoms with E-state index in [1.165, 1.54) is 7.11 Å². The van der Waals surface area contributed by atoms with E-state index < -0.39 is 13.1 Å². The monoisotopic (exact) mass is 400 g/mol. The summed E-state index contributed by atoms with van der Waals surface area (Å²) >= 11 is 0. The second kappa shape index (κ2) is 8.59. The van der Waals surface area contributed by atoms with E-state index in [4.69, 9.17) is 9.07 Å². The van der Waals surface area contributed by atoms with Crippen LogP contribution in [0.1, 0.15) is 44.2 Å². The van der Waals surface area contributed by atoms with Crippen LogP contribution in [0.3, 0.4) is 0 Å². The number of carbonyl (C=O) groups is 2. The molecule has 1 saturated heterocycles. The standard InChI is InChI=1S/C21H29BN2O5/c1-14-6-5-7-16-15(13-29-20(14)16)12-17(22(27)28-4)23-18(25)9-11-24-19(26)8-10-21(24,2)3/h5-7,13,17,27H,8-12H2,1-4H3,(H,23,25)/t17-/m0/s1. The summed E-state index contributed by atoms with van der Waals surface area (Å²) in [7, 11) is 0.242. The number of nitrogens with one attached hydrogen (secondary N) is 1. The summed E-state index contributed by atoms with van der Waals surface area (Å²) < 4.78 is 10.7. The molecular weight excluding hydrogens is 371 g/mol. The van der Waals surface area contributed by atoms with Crippen molar-refractivity contribution in [2.45, 2.75) is 57.9 Å². The van der Waals surface area contributed by atoms with Crippen molar-refractivity contribution in [1.29, 1.82) is 0 Å². The van der Waals surface area contributed by atoms with E-state index in [-0.39, 0.29) is 23.8 Å². The molecule has 8 heteroatoms. The van der Waals surface area contributed by atoms with Crippen molar-refractivity contribution < 1.29 is 23.7 Å². The van der Waals surface area contributed by atoms with Gasteiger partial charge in [-0.15, -0.1) is 0 Å². The van der Waals surface area contributed by atoms with Gasteiger partial charge >= 0.3 is 7.12 Å². The number of nitrogens with zero attached hydrogens (tertiary/aromatic N) is 1. The van der Waals surface area contributed by atoms with Crippen LogP contribution in [0.25, 0.3) is 11.0 Å². The second-order valence-corrected chi connectivity index (χ2v) is 8.32. The summed E-state index contributed by atoms with van der Waals surface area (Å²) in [5.74, 6) is -0.779. The molecule has 2 amide bonds. The van der Waals surface area contributed by atoms with Crippen LogP contribution in [-0.4, -0.2) is 54.0 Å². The van der Waals surface area contributed by atoms with Gasteiger partial charge in [-0.3, -0.25) is 9.59 Å². The van der Waals surface area contributed by atoms with Gasteiger partial charge in [-0.1, -0.05) is 18.2 Å². The lowest BCUT2D eigenvalue weighted by Crippen LogP contribution is -2.50. The largest absolute Gasteiger partial charge is 0.478 e. The Morgan fingerprint density at radius 1 is 1.45 bits per heavy atom. The second-order valence-electron chi connectivity index (χ2n) is 8.32. The topological polar surface area (TPSA) is 92.0 Å². The molecular formula is C21H29BN2O5. The lowest BCUT2D eigenvalue weighted by Gasteiger charge is -2.31. The van der Waals surface area contributed by atoms with E-state index >= 15 is 0 Å². The lowest BCUT2D eigenvalue weighted by atomic mass is 9.75. The third kappa shape index (κ3) is 4.65. The van der Waals surface area contributed by atoms with E-state index in [9.17, 15) is 14.6 Å². The molecule has 1 aromatic carbocycles. The van der Waals surface area contributed by atoms with Crippen LogP contribution in [0.5, 0.6) is 0 Å². The Bertz CT molecular complexity index is 894. The van der Waals surface area contributed by atoms with Crippen LogP contribution in [0.15, 0.2) is 28.9 Å². The zero-order valence-electron chi connectivity index (χ0n) is 17.5. The summed E-state index contributed by atoms with van der Waals surface area (Å²) in [4.78, 5) is 26.4. The fourth-order valence-electron chi connectivity index (χ4n) is 3.98. The van der Waals surface area contributed by atoms with E-state index in [2.05, 4.69) is 5.32 Å². The average molecular weight is 400 g/mol. The number of carbonyl (C=O) groups excluding carboxylic acids is 2. The highest BCUT2D eigenvalue weighted by Crippen LogP contribution is 2.29. The van der Waals surface area contributed by atoms with Crippen molar-refractivity contribution in [3.05, 3.63) is 35.6 Å². The highest BCUT2D eigenvalue weighted by molar-refractivity contribution is 6.45. The maximum absolute atomic E-state index is 12.6. The summed E-state index contributed by atoms with van der Waals surface area (Å²) in [6.45, 7) is 6.36. The SMILES string of the molecule is COB(O)[C@H](Cc1coc2c(C)cccc12)NC(=O)CCN1C(=O)CCC1(C)C. The molecule has 0 bridgehead atoms. The molecule has 0 aliphatic carbocycles. The van der Waals surface area contributed by atoms with Crippen molar-refractivity contribution >= 4 is 29.9 Å². The number of aryl methyl sites for hydroxylation is 1. The van der Waals surface area contributed by atoms with Gasteiger partial charge in [0.05, 0.1) is 12.2 Å². The Balaban J connectivity index is 1.66. The molecule has 2 aromatic rings. The van der Waals surface area contributed by atoms with Gasteiger partial charge in [-0.05, 0) is 44.7 Å². The van der Waals surface area contributed by atoms with E-state index in [1.54, 1.807) is 11.2 Å². The highest BCUT2D eigenvalue weighted by atomic mass is 16.5. The maximum Gasteiger partial charge on any atom is 0.478 e. The fraction of sp³-hybridized carbons (Fsp3) is 0.524. The molecule has 3 rings (SSSR count). The van der Waals surface area contributed by atoms with E-state index in [1.807, 2.05) is 39.0 Å². The van der Waals surface area contributed by atoms with Gasteiger partial charge in [-0.25, -0.2) is 0 Å². The van der Waals surface area contributed by atoms with Crippen LogP contribution >= 0.6 is 0 Å². The minimum atomic E-state index is -1.15. The zero-order valence-corrected chi connectivity index (χ0v) is 17.5. The Kier molecular flexibility index (Phi) is 6.34. The molecule has 7 nitrogen and oxygen atoms in total. The van der Waals surface area contributed by atoms with Crippen LogP contribution in [0, 0.1) is 6.92 Å². The molecule has 1 aromatic heterocycles. The van der Waals surface area contributed by atoms with E-state index in [0.29, 0.717) is 19.4 Å². The summed E-state index contributed by atoms with van der Waals surface area (Å²) in [6, 6.07) is 5.88. The summed E-state index contributed by atoms with van der Waals surface area (Å²) in [5, 5.41) is 14.1. The number of para-hydroxylation sites is 1. The molecule has 1 aliphatic heterocycles. The van der Waals surface area contributed by atoms with Gasteiger partial charge < -0.3 is 24.3 Å². The van der Waals surface area contributed by atoms with Gasteiger partial charge in [-0.2, -0.15) is 0 Å². The first-order valence-corrected chi connectivity index (χ1v) is 9.99. The number of likely N-dealkylation sites (tertiary alicyclic amines) is 1. The molecule has 0 radical (unpaired) electrons. The summed E-state index contributed by atoms with van der Waals surface area (Å²) in [6.07, 6.45) is 3.52. The highest BCUT2D eigenvalue weighted by Gasteiger charge is 2.37. The van der Waals surface area contributed by atoms with Gasteiger partial charge in [0, 0.05) is 37.4 Å². The maximum atomic E-state index is 12.6. The van der Waals surface area contributed by atoms with Crippen molar-refractivity contribution in [2.75, 3.05) is 13.7 Å². The van der Waals surface area contributed by atoms with Gasteiger partial charge in [0.25, 0.3) is 0 Å². The molecule has 0 spiro atoms. The third-order valence-electron chi connectivity index (χ3n) is 5.79. The molecule has 2 heterocycles. The molecule has 1 aliphatic rings. The molecule has 29 heavy (non-hydrogen) atoms. The normalized spacial score (nSPS) is 17.0. The number of hydrogen-bond donors (Lipinski definition) is 2. The van der Waals surface area contributed by atoms with Gasteiger partial charge in [0.15, 0.2) is 0 Å². The Hall–Kier alpha value is -2.32. The quantitative estimate of drug-likeness (QED) is 0.663. The number of hydrogen-bond acceptors (Lipinski definition) is 5. The molecule has 1 fully saturated rings. The number of amides is 2. The Morgan fingerprint density at radius 3 is 2.86 bits per heavy atom. The zero-order chi connectivity index (χ0) is 21.2. The first kappa shape index (κ1) is 21.4. The van der Waals surface area contributed by atoms with Gasteiger partial charge in [0.2, 0.25) is 11.8 Å². The third-order valence-corrected chi connectivity index (χ3v) is 5.79. The van der Waals surface area contributed by atoms with Crippen molar-refractivity contribution in [3.8, 4) is 0 Å². The predicted octanol–water partition coefficient (Wildman–Crippen LogP) is 2.23. The smallest absolute Gasteiger partial charge is 0.464 e. The molecule has 2 N–H and O–H groups in total. The summed E-state index contributed by atoms with van der Waals surface area (Å²) in [5.41, 5.74) is 2.49. The molecule has 0 saturated carbocycles. The molecule has 1 atom stereocenters. The fourth-order valence-corrected chi connectivity index (χ4v) is 3.98. The number of rotatable bonds is 8. The Morgan fingerprint density at radius 2 is 2.21 bits per heavy atom. The molecule has 0 unspecified atom stereocenters. The van der Waals surface area contributed by atoms with Crippen molar-refractivity contribution in [3.63, 3.8) is 0 Å². The van der Waals surface area contributed by atoms with Crippen LogP contribution in [-0.2, 0) is 20.7 Å².